The maximum Gasteiger partial charge on any atom is 0.257 e. The van der Waals surface area contributed by atoms with Crippen molar-refractivity contribution in [3.63, 3.8) is 0 Å². The molecule has 1 aliphatic rings. The fourth-order valence-corrected chi connectivity index (χ4v) is 2.26. The summed E-state index contributed by atoms with van der Waals surface area (Å²) in [6, 6.07) is 1.93. The van der Waals surface area contributed by atoms with Gasteiger partial charge < -0.3 is 10.6 Å². The average Bonchev–Trinajstić information content (AvgIpc) is 3.07. The summed E-state index contributed by atoms with van der Waals surface area (Å²) in [5.74, 6) is 0.437. The summed E-state index contributed by atoms with van der Waals surface area (Å²) in [7, 11) is 0. The van der Waals surface area contributed by atoms with Gasteiger partial charge >= 0.3 is 0 Å². The number of aromatic nitrogens is 4. The second kappa shape index (κ2) is 5.01. The van der Waals surface area contributed by atoms with E-state index in [1.165, 1.54) is 0 Å². The Morgan fingerprint density at radius 3 is 2.75 bits per heavy atom. The van der Waals surface area contributed by atoms with E-state index in [9.17, 15) is 4.79 Å². The highest BCUT2D eigenvalue weighted by Crippen LogP contribution is 2.14. The van der Waals surface area contributed by atoms with Gasteiger partial charge in [-0.2, -0.15) is 5.10 Å². The van der Waals surface area contributed by atoms with Gasteiger partial charge in [0.25, 0.3) is 5.91 Å². The lowest BCUT2D eigenvalue weighted by Gasteiger charge is -2.15. The normalized spacial score (nSPS) is 18.5. The van der Waals surface area contributed by atoms with Crippen LogP contribution in [-0.4, -0.2) is 50.1 Å². The van der Waals surface area contributed by atoms with E-state index >= 15 is 0 Å². The van der Waals surface area contributed by atoms with E-state index < -0.39 is 0 Å². The van der Waals surface area contributed by atoms with Crippen molar-refractivity contribution in [2.45, 2.75) is 19.4 Å². The number of aryl methyl sites for hydroxylation is 1. The summed E-state index contributed by atoms with van der Waals surface area (Å²) in [5, 5.41) is 6.92. The van der Waals surface area contributed by atoms with Gasteiger partial charge in [-0.1, -0.05) is 0 Å². The van der Waals surface area contributed by atoms with Crippen molar-refractivity contribution >= 4 is 5.91 Å². The van der Waals surface area contributed by atoms with Gasteiger partial charge in [-0.25, -0.2) is 9.97 Å². The van der Waals surface area contributed by atoms with Crippen LogP contribution in [0.15, 0.2) is 18.5 Å². The number of amides is 1. The highest BCUT2D eigenvalue weighted by atomic mass is 16.2. The lowest BCUT2D eigenvalue weighted by atomic mass is 10.3. The molecule has 7 heteroatoms. The van der Waals surface area contributed by atoms with Crippen molar-refractivity contribution in [2.75, 3.05) is 13.1 Å². The number of nitrogens with one attached hydrogen (secondary N) is 1. The molecule has 3 rings (SSSR count). The van der Waals surface area contributed by atoms with Crippen LogP contribution in [0.3, 0.4) is 0 Å². The van der Waals surface area contributed by atoms with Crippen LogP contribution in [0.4, 0.5) is 0 Å². The molecule has 0 spiro atoms. The Hall–Kier alpha value is -2.28. The number of rotatable bonds is 2. The number of nitrogens with zero attached hydrogens (tertiary/aromatic N) is 4. The van der Waals surface area contributed by atoms with Crippen LogP contribution in [-0.2, 0) is 0 Å². The summed E-state index contributed by atoms with van der Waals surface area (Å²) < 4.78 is 0. The van der Waals surface area contributed by atoms with E-state index in [4.69, 9.17) is 5.73 Å². The van der Waals surface area contributed by atoms with Gasteiger partial charge in [0, 0.05) is 37.2 Å². The molecule has 3 N–H and O–H groups in total. The summed E-state index contributed by atoms with van der Waals surface area (Å²) in [6.07, 6.45) is 3.92. The minimum absolute atomic E-state index is 0.0669. The van der Waals surface area contributed by atoms with E-state index in [0.717, 1.165) is 12.1 Å². The molecule has 1 saturated heterocycles. The van der Waals surface area contributed by atoms with Gasteiger partial charge in [-0.15, -0.1) is 0 Å². The first-order valence-corrected chi connectivity index (χ1v) is 6.53. The summed E-state index contributed by atoms with van der Waals surface area (Å²) >= 11 is 0. The Morgan fingerprint density at radius 2 is 2.20 bits per heavy atom. The molecule has 0 unspecified atom stereocenters. The molecule has 0 radical (unpaired) electrons. The monoisotopic (exact) mass is 272 g/mol. The molecular formula is C13H16N6O. The third-order valence-corrected chi connectivity index (χ3v) is 3.35. The quantitative estimate of drug-likeness (QED) is 0.821. The lowest BCUT2D eigenvalue weighted by molar-refractivity contribution is 0.0790. The Labute approximate surface area is 116 Å². The fourth-order valence-electron chi connectivity index (χ4n) is 2.26. The molecule has 104 valence electrons. The molecule has 0 aliphatic carbocycles. The zero-order valence-corrected chi connectivity index (χ0v) is 11.2. The molecule has 1 amide bonds. The molecular weight excluding hydrogens is 256 g/mol. The molecule has 2 aromatic rings. The van der Waals surface area contributed by atoms with Crippen molar-refractivity contribution in [2.24, 2.45) is 5.73 Å². The highest BCUT2D eigenvalue weighted by molar-refractivity contribution is 5.94. The van der Waals surface area contributed by atoms with Crippen LogP contribution in [0.2, 0.25) is 0 Å². The smallest absolute Gasteiger partial charge is 0.257 e. The SMILES string of the molecule is Cc1cc(-c2ncc(C(=O)N3CC[C@H](N)C3)cn2)n[nH]1. The van der Waals surface area contributed by atoms with E-state index in [2.05, 4.69) is 20.2 Å². The molecule has 1 aliphatic heterocycles. The van der Waals surface area contributed by atoms with Gasteiger partial charge in [0.15, 0.2) is 5.82 Å². The number of hydrogen-bond donors (Lipinski definition) is 2. The van der Waals surface area contributed by atoms with Gasteiger partial charge in [0.05, 0.1) is 5.56 Å². The van der Waals surface area contributed by atoms with E-state index in [-0.39, 0.29) is 11.9 Å². The molecule has 0 saturated carbocycles. The van der Waals surface area contributed by atoms with E-state index in [0.29, 0.717) is 30.2 Å². The minimum atomic E-state index is -0.0669. The van der Waals surface area contributed by atoms with Gasteiger partial charge in [0.2, 0.25) is 0 Å². The Kier molecular flexibility index (Phi) is 3.19. The summed E-state index contributed by atoms with van der Waals surface area (Å²) in [6.45, 7) is 3.20. The molecule has 2 aromatic heterocycles. The largest absolute Gasteiger partial charge is 0.337 e. The zero-order chi connectivity index (χ0) is 14.1. The molecule has 1 atom stereocenters. The summed E-state index contributed by atoms with van der Waals surface area (Å²) in [4.78, 5) is 22.4. The maximum absolute atomic E-state index is 12.2. The van der Waals surface area contributed by atoms with Gasteiger partial charge in [-0.05, 0) is 19.4 Å². The number of H-pyrrole nitrogens is 1. The predicted molar refractivity (Wildman–Crippen MR) is 72.8 cm³/mol. The second-order valence-corrected chi connectivity index (χ2v) is 5.03. The van der Waals surface area contributed by atoms with E-state index in [1.54, 1.807) is 17.3 Å². The van der Waals surface area contributed by atoms with Crippen molar-refractivity contribution < 1.29 is 4.79 Å². The number of carbonyl (C=O) groups excluding carboxylic acids is 1. The van der Waals surface area contributed by atoms with Crippen molar-refractivity contribution in [3.05, 3.63) is 29.7 Å². The first-order valence-electron chi connectivity index (χ1n) is 6.53. The van der Waals surface area contributed by atoms with E-state index in [1.807, 2.05) is 13.0 Å². The van der Waals surface area contributed by atoms with Crippen LogP contribution in [0.5, 0.6) is 0 Å². The van der Waals surface area contributed by atoms with Gasteiger partial charge in [0.1, 0.15) is 5.69 Å². The molecule has 1 fully saturated rings. The molecule has 3 heterocycles. The molecule has 0 aromatic carbocycles. The Morgan fingerprint density at radius 1 is 1.45 bits per heavy atom. The minimum Gasteiger partial charge on any atom is -0.337 e. The number of aromatic amines is 1. The molecule has 0 bridgehead atoms. The molecule has 7 nitrogen and oxygen atoms in total. The first kappa shape index (κ1) is 12.7. The van der Waals surface area contributed by atoms with Crippen LogP contribution < -0.4 is 5.73 Å². The van der Waals surface area contributed by atoms with Crippen LogP contribution in [0.1, 0.15) is 22.5 Å². The highest BCUT2D eigenvalue weighted by Gasteiger charge is 2.24. The van der Waals surface area contributed by atoms with Crippen molar-refractivity contribution in [1.29, 1.82) is 0 Å². The Bertz CT molecular complexity index is 620. The number of nitrogens with two attached hydrogens (primary N) is 1. The maximum atomic E-state index is 12.2. The van der Waals surface area contributed by atoms with Crippen molar-refractivity contribution in [3.8, 4) is 11.5 Å². The zero-order valence-electron chi connectivity index (χ0n) is 11.2. The van der Waals surface area contributed by atoms with Crippen LogP contribution >= 0.6 is 0 Å². The fraction of sp³-hybridized carbons (Fsp3) is 0.385. The van der Waals surface area contributed by atoms with Crippen LogP contribution in [0, 0.1) is 6.92 Å². The first-order chi connectivity index (χ1) is 9.63. The number of hydrogen-bond acceptors (Lipinski definition) is 5. The lowest BCUT2D eigenvalue weighted by Crippen LogP contribution is -2.32. The standard InChI is InChI=1S/C13H16N6O/c1-8-4-11(18-17-8)12-15-5-9(6-16-12)13(20)19-3-2-10(14)7-19/h4-6,10H,2-3,7,14H2,1H3,(H,17,18)/t10-/m0/s1. The predicted octanol–water partition coefficient (Wildman–Crippen LogP) is 0.348. The second-order valence-electron chi connectivity index (χ2n) is 5.03. The Balaban J connectivity index is 1.77. The number of likely N-dealkylation sites (tertiary alicyclic amines) is 1. The third kappa shape index (κ3) is 2.39. The topological polar surface area (TPSA) is 101 Å². The number of carbonyl (C=O) groups is 1. The summed E-state index contributed by atoms with van der Waals surface area (Å²) in [5.41, 5.74) is 7.90. The van der Waals surface area contributed by atoms with Gasteiger partial charge in [-0.3, -0.25) is 9.89 Å². The van der Waals surface area contributed by atoms with Crippen LogP contribution in [0.25, 0.3) is 11.5 Å². The molecule has 20 heavy (non-hydrogen) atoms. The average molecular weight is 272 g/mol. The third-order valence-electron chi connectivity index (χ3n) is 3.35. The van der Waals surface area contributed by atoms with Crippen molar-refractivity contribution in [1.82, 2.24) is 25.1 Å².